The van der Waals surface area contributed by atoms with Crippen LogP contribution in [0, 0.1) is 22.7 Å². The topological polar surface area (TPSA) is 79.8 Å². The van der Waals surface area contributed by atoms with Crippen molar-refractivity contribution >= 4 is 35.0 Å². The van der Waals surface area contributed by atoms with Gasteiger partial charge in [-0.1, -0.05) is 23.2 Å². The fourth-order valence-electron chi connectivity index (χ4n) is 1.46. The number of rotatable bonds is 6. The summed E-state index contributed by atoms with van der Waals surface area (Å²) in [6.45, 7) is 0.987. The molecule has 1 aromatic heterocycles. The highest BCUT2D eigenvalue weighted by atomic mass is 35.5. The molecule has 0 radical (unpaired) electrons. The molecule has 6 nitrogen and oxygen atoms in total. The van der Waals surface area contributed by atoms with Crippen LogP contribution in [0.15, 0.2) is 0 Å². The van der Waals surface area contributed by atoms with E-state index >= 15 is 0 Å². The maximum atomic E-state index is 8.62. The minimum atomic E-state index is 0.152. The lowest BCUT2D eigenvalue weighted by atomic mass is 10.4. The van der Waals surface area contributed by atoms with Crippen LogP contribution in [0.2, 0.25) is 10.2 Å². The van der Waals surface area contributed by atoms with Gasteiger partial charge in [0, 0.05) is 27.2 Å². The Morgan fingerprint density at radius 2 is 1.55 bits per heavy atom. The third kappa shape index (κ3) is 4.12. The van der Waals surface area contributed by atoms with Crippen molar-refractivity contribution in [1.29, 1.82) is 10.5 Å². The van der Waals surface area contributed by atoms with Crippen molar-refractivity contribution in [3.63, 3.8) is 0 Å². The molecular weight excluding hydrogens is 299 g/mol. The highest BCUT2D eigenvalue weighted by Gasteiger charge is 2.16. The first-order valence-corrected chi connectivity index (χ1v) is 6.66. The summed E-state index contributed by atoms with van der Waals surface area (Å²) in [7, 11) is 3.55. The van der Waals surface area contributed by atoms with E-state index in [4.69, 9.17) is 33.7 Å². The highest BCUT2D eigenvalue weighted by molar-refractivity contribution is 6.42. The zero-order valence-corrected chi connectivity index (χ0v) is 12.8. The summed E-state index contributed by atoms with van der Waals surface area (Å²) in [5.41, 5.74) is 0. The van der Waals surface area contributed by atoms with E-state index in [1.54, 1.807) is 23.9 Å². The summed E-state index contributed by atoms with van der Waals surface area (Å²) in [5.74, 6) is 0.870. The number of aromatic nitrogens is 2. The monoisotopic (exact) mass is 312 g/mol. The van der Waals surface area contributed by atoms with E-state index in [0.717, 1.165) is 0 Å². The Balaban J connectivity index is 3.03. The average Bonchev–Trinajstić information content (AvgIpc) is 2.44. The van der Waals surface area contributed by atoms with E-state index in [0.29, 0.717) is 37.7 Å². The molecule has 0 unspecified atom stereocenters. The highest BCUT2D eigenvalue weighted by Crippen LogP contribution is 2.31. The number of nitrogens with zero attached hydrogens (tertiary/aromatic N) is 6. The Morgan fingerprint density at radius 3 is 2.10 bits per heavy atom. The van der Waals surface area contributed by atoms with Gasteiger partial charge in [0.1, 0.15) is 5.02 Å². The van der Waals surface area contributed by atoms with E-state index in [-0.39, 0.29) is 10.2 Å². The van der Waals surface area contributed by atoms with Crippen molar-refractivity contribution in [3.05, 3.63) is 10.2 Å². The van der Waals surface area contributed by atoms with Crippen LogP contribution in [0.25, 0.3) is 0 Å². The van der Waals surface area contributed by atoms with Crippen molar-refractivity contribution in [3.8, 4) is 12.1 Å². The van der Waals surface area contributed by atoms with Gasteiger partial charge in [-0.15, -0.1) is 0 Å². The van der Waals surface area contributed by atoms with Crippen molar-refractivity contribution < 1.29 is 0 Å². The molecule has 0 saturated carbocycles. The molecule has 0 bridgehead atoms. The molecule has 0 amide bonds. The normalized spacial score (nSPS) is 9.70. The van der Waals surface area contributed by atoms with Gasteiger partial charge >= 0.3 is 0 Å². The minimum Gasteiger partial charge on any atom is -0.357 e. The lowest BCUT2D eigenvalue weighted by Gasteiger charge is -2.22. The molecule has 0 N–H and O–H groups in total. The second kappa shape index (κ2) is 7.74. The number of hydrogen-bond acceptors (Lipinski definition) is 6. The lowest BCUT2D eigenvalue weighted by Crippen LogP contribution is -2.24. The van der Waals surface area contributed by atoms with Gasteiger partial charge in [0.05, 0.1) is 25.0 Å². The van der Waals surface area contributed by atoms with E-state index in [2.05, 4.69) is 22.1 Å². The summed E-state index contributed by atoms with van der Waals surface area (Å²) in [5, 5.41) is 17.6. The molecule has 0 aliphatic carbocycles. The SMILES string of the molecule is CN(CCC#N)c1nc(Cl)c(Cl)c(N(C)CCC#N)n1. The van der Waals surface area contributed by atoms with Crippen LogP contribution in [0.5, 0.6) is 0 Å². The van der Waals surface area contributed by atoms with Gasteiger partial charge in [-0.25, -0.2) is 0 Å². The predicted octanol–water partition coefficient (Wildman–Crippen LogP) is 2.48. The van der Waals surface area contributed by atoms with Gasteiger partial charge in [0.15, 0.2) is 11.0 Å². The molecule has 0 saturated heterocycles. The van der Waals surface area contributed by atoms with Crippen LogP contribution in [-0.4, -0.2) is 37.2 Å². The summed E-state index contributed by atoms with van der Waals surface area (Å²) in [4.78, 5) is 11.9. The molecule has 20 heavy (non-hydrogen) atoms. The van der Waals surface area contributed by atoms with Crippen LogP contribution < -0.4 is 9.80 Å². The van der Waals surface area contributed by atoms with Crippen LogP contribution >= 0.6 is 23.2 Å². The van der Waals surface area contributed by atoms with Crippen molar-refractivity contribution in [2.24, 2.45) is 0 Å². The van der Waals surface area contributed by atoms with Crippen molar-refractivity contribution in [2.45, 2.75) is 12.8 Å². The molecule has 0 spiro atoms. The summed E-state index contributed by atoms with van der Waals surface area (Å²) in [6.07, 6.45) is 0.716. The van der Waals surface area contributed by atoms with Gasteiger partial charge in [-0.05, 0) is 0 Å². The molecule has 0 aliphatic heterocycles. The Labute approximate surface area is 128 Å². The maximum absolute atomic E-state index is 8.62. The molecule has 1 aromatic rings. The zero-order valence-electron chi connectivity index (χ0n) is 11.3. The predicted molar refractivity (Wildman–Crippen MR) is 79.1 cm³/mol. The van der Waals surface area contributed by atoms with Crippen molar-refractivity contribution in [1.82, 2.24) is 9.97 Å². The molecule has 8 heteroatoms. The average molecular weight is 313 g/mol. The molecule has 106 valence electrons. The first kappa shape index (κ1) is 16.3. The maximum Gasteiger partial charge on any atom is 0.228 e. The third-order valence-electron chi connectivity index (χ3n) is 2.60. The van der Waals surface area contributed by atoms with E-state index in [1.165, 1.54) is 0 Å². The second-order valence-electron chi connectivity index (χ2n) is 4.11. The zero-order chi connectivity index (χ0) is 15.1. The number of nitriles is 2. The summed E-state index contributed by atoms with van der Waals surface area (Å²) >= 11 is 12.1. The quantitative estimate of drug-likeness (QED) is 0.751. The van der Waals surface area contributed by atoms with Crippen LogP contribution in [0.4, 0.5) is 11.8 Å². The fourth-order valence-corrected chi connectivity index (χ4v) is 1.85. The standard InChI is InChI=1S/C12H14Cl2N6/c1-19(7-3-5-15)11-9(13)10(14)17-12(18-11)20(2)8-4-6-16/h3-4,7-8H2,1-2H3. The Hall–Kier alpha value is -1.76. The van der Waals surface area contributed by atoms with Gasteiger partial charge in [0.2, 0.25) is 5.95 Å². The number of hydrogen-bond donors (Lipinski definition) is 0. The fraction of sp³-hybridized carbons (Fsp3) is 0.500. The summed E-state index contributed by atoms with van der Waals surface area (Å²) < 4.78 is 0. The van der Waals surface area contributed by atoms with E-state index in [9.17, 15) is 0 Å². The largest absolute Gasteiger partial charge is 0.357 e. The van der Waals surface area contributed by atoms with Gasteiger partial charge in [-0.2, -0.15) is 20.5 Å². The van der Waals surface area contributed by atoms with Crippen LogP contribution in [-0.2, 0) is 0 Å². The lowest BCUT2D eigenvalue weighted by molar-refractivity contribution is 0.837. The molecule has 1 rings (SSSR count). The molecule has 0 fully saturated rings. The minimum absolute atomic E-state index is 0.152. The van der Waals surface area contributed by atoms with Gasteiger partial charge in [-0.3, -0.25) is 0 Å². The molecule has 1 heterocycles. The van der Waals surface area contributed by atoms with E-state index in [1.807, 2.05) is 0 Å². The third-order valence-corrected chi connectivity index (χ3v) is 3.32. The molecule has 0 aromatic carbocycles. The number of halogens is 2. The second-order valence-corrected chi connectivity index (χ2v) is 4.85. The van der Waals surface area contributed by atoms with E-state index < -0.39 is 0 Å². The van der Waals surface area contributed by atoms with Crippen LogP contribution in [0.1, 0.15) is 12.8 Å². The van der Waals surface area contributed by atoms with Crippen molar-refractivity contribution in [2.75, 3.05) is 37.0 Å². The van der Waals surface area contributed by atoms with Crippen LogP contribution in [0.3, 0.4) is 0 Å². The smallest absolute Gasteiger partial charge is 0.228 e. The summed E-state index contributed by atoms with van der Waals surface area (Å²) in [6, 6.07) is 4.12. The molecule has 0 atom stereocenters. The Kier molecular flexibility index (Phi) is 6.30. The van der Waals surface area contributed by atoms with Gasteiger partial charge in [0.25, 0.3) is 0 Å². The molecular formula is C12H14Cl2N6. The first-order chi connectivity index (χ1) is 9.51. The Bertz CT molecular complexity index is 548. The molecule has 0 aliphatic rings. The Morgan fingerprint density at radius 1 is 1.00 bits per heavy atom. The van der Waals surface area contributed by atoms with Gasteiger partial charge < -0.3 is 9.80 Å². The number of anilines is 2. The first-order valence-electron chi connectivity index (χ1n) is 5.90.